The summed E-state index contributed by atoms with van der Waals surface area (Å²) in [5.74, 6) is 3.15. The highest BCUT2D eigenvalue weighted by atomic mass is 32.1. The average molecular weight is 446 g/mol. The predicted molar refractivity (Wildman–Crippen MR) is 129 cm³/mol. The van der Waals surface area contributed by atoms with E-state index >= 15 is 0 Å². The Bertz CT molecular complexity index is 907. The van der Waals surface area contributed by atoms with Crippen molar-refractivity contribution in [1.29, 1.82) is 0 Å². The highest BCUT2D eigenvalue weighted by Gasteiger charge is 2.40. The molecule has 1 aliphatic heterocycles. The number of hydrogen-bond acceptors (Lipinski definition) is 5. The summed E-state index contributed by atoms with van der Waals surface area (Å²) in [4.78, 5) is 2.26. The van der Waals surface area contributed by atoms with Crippen LogP contribution >= 0.6 is 12.2 Å². The van der Waals surface area contributed by atoms with E-state index in [-0.39, 0.29) is 17.1 Å². The fourth-order valence-electron chi connectivity index (χ4n) is 4.70. The fourth-order valence-corrected chi connectivity index (χ4v) is 5.03. The molecule has 7 heteroatoms. The van der Waals surface area contributed by atoms with Crippen LogP contribution in [0.3, 0.4) is 0 Å². The molecular weight excluding hydrogens is 410 g/mol. The number of nitrogens with zero attached hydrogens (tertiary/aromatic N) is 1. The molecule has 0 atom stereocenters. The fraction of sp³-hybridized carbons (Fsp3) is 0.542. The van der Waals surface area contributed by atoms with Crippen LogP contribution in [0.2, 0.25) is 0 Å². The van der Waals surface area contributed by atoms with Gasteiger partial charge in [-0.25, -0.2) is 0 Å². The van der Waals surface area contributed by atoms with Crippen LogP contribution in [0.25, 0.3) is 0 Å². The number of methoxy groups -OCH3 is 2. The van der Waals surface area contributed by atoms with E-state index in [0.717, 1.165) is 30.0 Å². The Morgan fingerprint density at radius 1 is 1.10 bits per heavy atom. The first-order chi connectivity index (χ1) is 14.5. The van der Waals surface area contributed by atoms with Gasteiger partial charge >= 0.3 is 0 Å². The Morgan fingerprint density at radius 2 is 1.74 bits per heavy atom. The quantitative estimate of drug-likeness (QED) is 0.599. The van der Waals surface area contributed by atoms with Crippen molar-refractivity contribution in [2.24, 2.45) is 0 Å². The van der Waals surface area contributed by atoms with E-state index in [4.69, 9.17) is 26.1 Å². The summed E-state index contributed by atoms with van der Waals surface area (Å²) in [7, 11) is 3.26. The first kappa shape index (κ1) is 23.4. The number of furan rings is 1. The molecule has 2 N–H and O–H groups in total. The van der Waals surface area contributed by atoms with Gasteiger partial charge in [0.15, 0.2) is 16.6 Å². The third-order valence-electron chi connectivity index (χ3n) is 5.63. The van der Waals surface area contributed by atoms with Gasteiger partial charge in [-0.05, 0) is 83.9 Å². The number of hydrogen-bond donors (Lipinski definition) is 2. The summed E-state index contributed by atoms with van der Waals surface area (Å²) in [5, 5.41) is 7.83. The third kappa shape index (κ3) is 5.92. The number of ether oxygens (including phenoxy) is 2. The van der Waals surface area contributed by atoms with Crippen LogP contribution in [0.15, 0.2) is 34.7 Å². The second-order valence-electron chi connectivity index (χ2n) is 9.60. The first-order valence-electron chi connectivity index (χ1n) is 10.7. The van der Waals surface area contributed by atoms with E-state index in [9.17, 15) is 0 Å². The van der Waals surface area contributed by atoms with Crippen LogP contribution < -0.4 is 20.1 Å². The summed E-state index contributed by atoms with van der Waals surface area (Å²) in [6.07, 6.45) is 1.95. The predicted octanol–water partition coefficient (Wildman–Crippen LogP) is 5.11. The van der Waals surface area contributed by atoms with Crippen molar-refractivity contribution in [3.8, 4) is 11.5 Å². The molecule has 0 radical (unpaired) electrons. The van der Waals surface area contributed by atoms with Gasteiger partial charge in [-0.15, -0.1) is 0 Å². The van der Waals surface area contributed by atoms with Gasteiger partial charge in [-0.3, -0.25) is 0 Å². The molecule has 1 aromatic heterocycles. The summed E-state index contributed by atoms with van der Waals surface area (Å²) < 4.78 is 16.7. The lowest BCUT2D eigenvalue weighted by Crippen LogP contribution is -2.63. The molecule has 1 aromatic carbocycles. The third-order valence-corrected chi connectivity index (χ3v) is 5.96. The number of thiocarbonyl (C=S) groups is 1. The largest absolute Gasteiger partial charge is 0.493 e. The van der Waals surface area contributed by atoms with Crippen molar-refractivity contribution < 1.29 is 13.9 Å². The van der Waals surface area contributed by atoms with E-state index in [1.807, 2.05) is 37.3 Å². The zero-order valence-electron chi connectivity index (χ0n) is 19.7. The molecule has 0 spiro atoms. The van der Waals surface area contributed by atoms with Crippen molar-refractivity contribution in [2.75, 3.05) is 19.5 Å². The molecule has 3 rings (SSSR count). The number of aryl methyl sites for hydroxylation is 1. The molecule has 1 aliphatic rings. The highest BCUT2D eigenvalue weighted by molar-refractivity contribution is 7.80. The van der Waals surface area contributed by atoms with E-state index < -0.39 is 0 Å². The number of anilines is 1. The summed E-state index contributed by atoms with van der Waals surface area (Å²) in [6.45, 7) is 11.6. The molecule has 0 unspecified atom stereocenters. The van der Waals surface area contributed by atoms with Crippen molar-refractivity contribution in [2.45, 2.75) is 71.1 Å². The van der Waals surface area contributed by atoms with Gasteiger partial charge in [0.1, 0.15) is 11.5 Å². The minimum absolute atomic E-state index is 0.00267. The lowest BCUT2D eigenvalue weighted by Gasteiger charge is -2.50. The molecule has 0 aliphatic carbocycles. The van der Waals surface area contributed by atoms with E-state index in [1.165, 1.54) is 0 Å². The zero-order valence-corrected chi connectivity index (χ0v) is 20.5. The topological polar surface area (TPSA) is 58.9 Å². The van der Waals surface area contributed by atoms with Crippen molar-refractivity contribution in [3.05, 3.63) is 41.9 Å². The lowest BCUT2D eigenvalue weighted by molar-refractivity contribution is 0.0981. The van der Waals surface area contributed by atoms with Gasteiger partial charge in [-0.2, -0.15) is 0 Å². The number of rotatable bonds is 6. The molecule has 2 aromatic rings. The molecular formula is C24H35N3O3S. The van der Waals surface area contributed by atoms with E-state index in [1.54, 1.807) is 14.2 Å². The molecule has 1 fully saturated rings. The van der Waals surface area contributed by atoms with Gasteiger partial charge in [0.2, 0.25) is 0 Å². The first-order valence-corrected chi connectivity index (χ1v) is 11.1. The SMILES string of the molecule is COc1ccc(NC(=S)N(Cc2ccc(C)o2)C2CC(C)(C)NC(C)(C)C2)cc1OC. The second-order valence-corrected chi connectivity index (χ2v) is 9.98. The highest BCUT2D eigenvalue weighted by Crippen LogP contribution is 2.34. The normalized spacial score (nSPS) is 17.8. The van der Waals surface area contributed by atoms with Crippen molar-refractivity contribution in [3.63, 3.8) is 0 Å². The maximum absolute atomic E-state index is 5.92. The van der Waals surface area contributed by atoms with Gasteiger partial charge in [0, 0.05) is 28.9 Å². The van der Waals surface area contributed by atoms with Gasteiger partial charge < -0.3 is 29.4 Å². The van der Waals surface area contributed by atoms with Gasteiger partial charge in [0.05, 0.1) is 20.8 Å². The second kappa shape index (κ2) is 9.09. The van der Waals surface area contributed by atoms with Crippen LogP contribution in [-0.2, 0) is 6.54 Å². The van der Waals surface area contributed by atoms with Crippen molar-refractivity contribution >= 4 is 23.0 Å². The maximum atomic E-state index is 5.92. The molecule has 0 bridgehead atoms. The Balaban J connectivity index is 1.87. The van der Waals surface area contributed by atoms with Crippen LogP contribution in [0.1, 0.15) is 52.1 Å². The van der Waals surface area contributed by atoms with Crippen LogP contribution in [0.4, 0.5) is 5.69 Å². The number of nitrogens with one attached hydrogen (secondary N) is 2. The Labute approximate surface area is 191 Å². The van der Waals surface area contributed by atoms with Crippen LogP contribution in [0, 0.1) is 6.92 Å². The summed E-state index contributed by atoms with van der Waals surface area (Å²) in [6, 6.07) is 10.0. The summed E-state index contributed by atoms with van der Waals surface area (Å²) in [5.41, 5.74) is 0.863. The Morgan fingerprint density at radius 3 is 2.29 bits per heavy atom. The molecule has 170 valence electrons. The molecule has 0 saturated carbocycles. The maximum Gasteiger partial charge on any atom is 0.174 e. The molecule has 31 heavy (non-hydrogen) atoms. The smallest absolute Gasteiger partial charge is 0.174 e. The van der Waals surface area contributed by atoms with E-state index in [2.05, 4.69) is 43.2 Å². The average Bonchev–Trinajstić information content (AvgIpc) is 3.08. The Kier molecular flexibility index (Phi) is 6.86. The molecule has 0 amide bonds. The number of piperidine rings is 1. The minimum atomic E-state index is 0.00267. The molecule has 2 heterocycles. The molecule has 6 nitrogen and oxygen atoms in total. The summed E-state index contributed by atoms with van der Waals surface area (Å²) >= 11 is 5.92. The Hall–Kier alpha value is -2.25. The zero-order chi connectivity index (χ0) is 22.8. The lowest BCUT2D eigenvalue weighted by atomic mass is 9.79. The monoisotopic (exact) mass is 445 g/mol. The minimum Gasteiger partial charge on any atom is -0.493 e. The standard InChI is InChI=1S/C24H35N3O3S/c1-16-8-10-19(30-16)15-27(18-13-23(2,3)26-24(4,5)14-18)22(31)25-17-9-11-20(28-6)21(12-17)29-7/h8-12,18,26H,13-15H2,1-7H3,(H,25,31). The number of benzene rings is 1. The van der Waals surface area contributed by atoms with Gasteiger partial charge in [-0.1, -0.05) is 0 Å². The van der Waals surface area contributed by atoms with Crippen molar-refractivity contribution in [1.82, 2.24) is 10.2 Å². The van der Waals surface area contributed by atoms with Crippen LogP contribution in [-0.4, -0.2) is 41.4 Å². The van der Waals surface area contributed by atoms with Gasteiger partial charge in [0.25, 0.3) is 0 Å². The van der Waals surface area contributed by atoms with Crippen LogP contribution in [0.5, 0.6) is 11.5 Å². The molecule has 1 saturated heterocycles. The van der Waals surface area contributed by atoms with E-state index in [0.29, 0.717) is 23.2 Å².